The molecule has 0 unspecified atom stereocenters. The van der Waals surface area contributed by atoms with Crippen molar-refractivity contribution in [3.8, 4) is 17.4 Å². The van der Waals surface area contributed by atoms with Crippen LogP contribution < -0.4 is 20.5 Å². The standard InChI is InChI=1S/C25H28N6O4/c1-25(2,28-14-18(32)15-34-21-5-3-4-20-23(21)30-31-29-20)12-16-6-9-19(10-7-16)35-22-11-8-17(13-27-22)24(26)33/h3-11,13,18,28,32H,12,14-15H2,1-2H3,(H2,26,33)(H,29,30,31)/t18-/m0/s1. The second-order valence-electron chi connectivity index (χ2n) is 8.87. The molecule has 1 amide bonds. The topological polar surface area (TPSA) is 148 Å². The zero-order valence-electron chi connectivity index (χ0n) is 19.6. The lowest BCUT2D eigenvalue weighted by molar-refractivity contribution is 0.0994. The van der Waals surface area contributed by atoms with Gasteiger partial charge in [0, 0.05) is 24.3 Å². The van der Waals surface area contributed by atoms with Crippen LogP contribution in [0.4, 0.5) is 0 Å². The van der Waals surface area contributed by atoms with Gasteiger partial charge >= 0.3 is 0 Å². The molecule has 2 aromatic heterocycles. The van der Waals surface area contributed by atoms with Crippen molar-refractivity contribution in [2.24, 2.45) is 5.73 Å². The number of aliphatic hydroxyl groups excluding tert-OH is 1. The number of rotatable bonds is 11. The van der Waals surface area contributed by atoms with Gasteiger partial charge in [-0.3, -0.25) is 9.89 Å². The number of fused-ring (bicyclic) bond motifs is 1. The summed E-state index contributed by atoms with van der Waals surface area (Å²) in [6.45, 7) is 4.65. The van der Waals surface area contributed by atoms with E-state index in [1.54, 1.807) is 18.2 Å². The maximum Gasteiger partial charge on any atom is 0.250 e. The number of ether oxygens (including phenoxy) is 2. The number of β-amino-alcohol motifs (C(OH)–C–C–N with tert-alkyl or cyclic N) is 1. The Morgan fingerprint density at radius 1 is 1.17 bits per heavy atom. The highest BCUT2D eigenvalue weighted by atomic mass is 16.5. The van der Waals surface area contributed by atoms with E-state index >= 15 is 0 Å². The van der Waals surface area contributed by atoms with Gasteiger partial charge in [0.2, 0.25) is 11.8 Å². The summed E-state index contributed by atoms with van der Waals surface area (Å²) in [6.07, 6.45) is 1.43. The number of carbonyl (C=O) groups is 1. The van der Waals surface area contributed by atoms with E-state index in [0.29, 0.717) is 35.0 Å². The predicted octanol–water partition coefficient (Wildman–Crippen LogP) is 2.59. The number of nitrogens with two attached hydrogens (primary N) is 1. The summed E-state index contributed by atoms with van der Waals surface area (Å²) in [4.78, 5) is 15.2. The largest absolute Gasteiger partial charge is 0.488 e. The van der Waals surface area contributed by atoms with Gasteiger partial charge in [0.25, 0.3) is 0 Å². The predicted molar refractivity (Wildman–Crippen MR) is 130 cm³/mol. The van der Waals surface area contributed by atoms with Gasteiger partial charge in [-0.05, 0) is 56.2 Å². The van der Waals surface area contributed by atoms with Crippen LogP contribution in [0.15, 0.2) is 60.8 Å². The smallest absolute Gasteiger partial charge is 0.250 e. The molecular formula is C25H28N6O4. The first-order chi connectivity index (χ1) is 16.8. The fourth-order valence-electron chi connectivity index (χ4n) is 3.56. The first kappa shape index (κ1) is 24.1. The Morgan fingerprint density at radius 2 is 1.97 bits per heavy atom. The van der Waals surface area contributed by atoms with Crippen LogP contribution in [0.3, 0.4) is 0 Å². The number of amides is 1. The van der Waals surface area contributed by atoms with Crippen molar-refractivity contribution in [2.45, 2.75) is 31.9 Å². The Hall–Kier alpha value is -4.02. The number of aromatic amines is 1. The van der Waals surface area contributed by atoms with Crippen LogP contribution in [0, 0.1) is 0 Å². The number of carbonyl (C=O) groups excluding carboxylic acids is 1. The number of hydrogen-bond acceptors (Lipinski definition) is 8. The highest BCUT2D eigenvalue weighted by Gasteiger charge is 2.20. The molecule has 4 aromatic rings. The van der Waals surface area contributed by atoms with Crippen molar-refractivity contribution in [1.29, 1.82) is 0 Å². The van der Waals surface area contributed by atoms with Gasteiger partial charge in [-0.25, -0.2) is 4.98 Å². The SMILES string of the molecule is CC(C)(Cc1ccc(Oc2ccc(C(N)=O)cn2)cc1)NC[C@H](O)COc1cccc2[nH]nnc12. The Kier molecular flexibility index (Phi) is 7.23. The monoisotopic (exact) mass is 476 g/mol. The van der Waals surface area contributed by atoms with Crippen molar-refractivity contribution in [2.75, 3.05) is 13.2 Å². The van der Waals surface area contributed by atoms with Crippen molar-refractivity contribution < 1.29 is 19.4 Å². The lowest BCUT2D eigenvalue weighted by Gasteiger charge is -2.28. The molecule has 0 aliphatic heterocycles. The lowest BCUT2D eigenvalue weighted by Crippen LogP contribution is -2.46. The minimum atomic E-state index is -0.694. The van der Waals surface area contributed by atoms with Gasteiger partial charge in [0.05, 0.1) is 11.1 Å². The molecular weight excluding hydrogens is 448 g/mol. The van der Waals surface area contributed by atoms with Crippen LogP contribution in [0.1, 0.15) is 29.8 Å². The molecule has 35 heavy (non-hydrogen) atoms. The first-order valence-electron chi connectivity index (χ1n) is 11.2. The fourth-order valence-corrected chi connectivity index (χ4v) is 3.56. The van der Waals surface area contributed by atoms with E-state index in [0.717, 1.165) is 17.5 Å². The molecule has 0 bridgehead atoms. The molecule has 4 rings (SSSR count). The summed E-state index contributed by atoms with van der Waals surface area (Å²) in [6, 6.07) is 16.4. The van der Waals surface area contributed by atoms with E-state index in [4.69, 9.17) is 15.2 Å². The minimum absolute atomic E-state index is 0.134. The van der Waals surface area contributed by atoms with Crippen molar-refractivity contribution >= 4 is 16.9 Å². The number of aliphatic hydroxyl groups is 1. The minimum Gasteiger partial charge on any atom is -0.488 e. The summed E-state index contributed by atoms with van der Waals surface area (Å²) in [7, 11) is 0. The average molecular weight is 477 g/mol. The molecule has 182 valence electrons. The molecule has 10 nitrogen and oxygen atoms in total. The first-order valence-corrected chi connectivity index (χ1v) is 11.2. The van der Waals surface area contributed by atoms with Crippen LogP contribution in [0.25, 0.3) is 11.0 Å². The normalized spacial score (nSPS) is 12.4. The van der Waals surface area contributed by atoms with Crippen LogP contribution in [0.5, 0.6) is 17.4 Å². The maximum absolute atomic E-state index is 11.1. The molecule has 0 fully saturated rings. The van der Waals surface area contributed by atoms with Gasteiger partial charge in [-0.15, -0.1) is 5.10 Å². The summed E-state index contributed by atoms with van der Waals surface area (Å²) in [5.41, 5.74) is 7.81. The molecule has 0 spiro atoms. The highest BCUT2D eigenvalue weighted by molar-refractivity contribution is 5.92. The van der Waals surface area contributed by atoms with E-state index in [1.807, 2.05) is 36.4 Å². The third-order valence-corrected chi connectivity index (χ3v) is 5.38. The Labute approximate surface area is 202 Å². The van der Waals surface area contributed by atoms with Crippen LogP contribution in [-0.4, -0.2) is 56.2 Å². The third-order valence-electron chi connectivity index (χ3n) is 5.38. The molecule has 0 saturated heterocycles. The second kappa shape index (κ2) is 10.5. The molecule has 1 atom stereocenters. The number of H-pyrrole nitrogens is 1. The van der Waals surface area contributed by atoms with Crippen molar-refractivity contribution in [1.82, 2.24) is 25.7 Å². The number of nitrogens with one attached hydrogen (secondary N) is 2. The molecule has 0 aliphatic carbocycles. The van der Waals surface area contributed by atoms with E-state index in [2.05, 4.69) is 39.6 Å². The molecule has 2 aromatic carbocycles. The Balaban J connectivity index is 1.25. The van der Waals surface area contributed by atoms with Crippen LogP contribution >= 0.6 is 0 Å². The summed E-state index contributed by atoms with van der Waals surface area (Å²) >= 11 is 0. The summed E-state index contributed by atoms with van der Waals surface area (Å²) in [5, 5.41) is 24.4. The molecule has 2 heterocycles. The average Bonchev–Trinajstić information content (AvgIpc) is 3.32. The second-order valence-corrected chi connectivity index (χ2v) is 8.87. The molecule has 10 heteroatoms. The molecule has 0 saturated carbocycles. The number of pyridine rings is 1. The quantitative estimate of drug-likeness (QED) is 0.258. The number of benzene rings is 2. The number of nitrogens with zero attached hydrogens (tertiary/aromatic N) is 3. The number of hydrogen-bond donors (Lipinski definition) is 4. The zero-order valence-corrected chi connectivity index (χ0v) is 19.6. The van der Waals surface area contributed by atoms with Crippen molar-refractivity contribution in [3.05, 3.63) is 71.9 Å². The van der Waals surface area contributed by atoms with Crippen LogP contribution in [-0.2, 0) is 6.42 Å². The van der Waals surface area contributed by atoms with Crippen LogP contribution in [0.2, 0.25) is 0 Å². The third kappa shape index (κ3) is 6.52. The van der Waals surface area contributed by atoms with Gasteiger partial charge < -0.3 is 25.6 Å². The fraction of sp³-hybridized carbons (Fsp3) is 0.280. The summed E-state index contributed by atoms with van der Waals surface area (Å²) < 4.78 is 11.5. The highest BCUT2D eigenvalue weighted by Crippen LogP contribution is 2.23. The Bertz CT molecular complexity index is 1270. The molecule has 0 aliphatic rings. The van der Waals surface area contributed by atoms with E-state index in [9.17, 15) is 9.90 Å². The zero-order chi connectivity index (χ0) is 24.8. The molecule has 5 N–H and O–H groups in total. The number of primary amides is 1. The molecule has 0 radical (unpaired) electrons. The Morgan fingerprint density at radius 3 is 2.69 bits per heavy atom. The maximum atomic E-state index is 11.1. The lowest BCUT2D eigenvalue weighted by atomic mass is 9.94. The van der Waals surface area contributed by atoms with Gasteiger partial charge in [0.1, 0.15) is 24.2 Å². The van der Waals surface area contributed by atoms with Gasteiger partial charge in [-0.2, -0.15) is 0 Å². The van der Waals surface area contributed by atoms with Gasteiger partial charge in [-0.1, -0.05) is 23.4 Å². The van der Waals surface area contributed by atoms with E-state index < -0.39 is 12.0 Å². The van der Waals surface area contributed by atoms with E-state index in [1.165, 1.54) is 6.20 Å². The van der Waals surface area contributed by atoms with Gasteiger partial charge in [0.15, 0.2) is 5.52 Å². The summed E-state index contributed by atoms with van der Waals surface area (Å²) in [5.74, 6) is 1.05. The van der Waals surface area contributed by atoms with E-state index in [-0.39, 0.29) is 12.1 Å². The van der Waals surface area contributed by atoms with Crippen molar-refractivity contribution in [3.63, 3.8) is 0 Å². The number of aromatic nitrogens is 4.